The van der Waals surface area contributed by atoms with Gasteiger partial charge >= 0.3 is 6.09 Å². The highest BCUT2D eigenvalue weighted by molar-refractivity contribution is 5.67. The molecule has 21 heavy (non-hydrogen) atoms. The highest BCUT2D eigenvalue weighted by atomic mass is 19.1. The van der Waals surface area contributed by atoms with E-state index in [1.165, 1.54) is 6.07 Å². The predicted octanol–water partition coefficient (Wildman–Crippen LogP) is 4.25. The van der Waals surface area contributed by atoms with Crippen molar-refractivity contribution in [2.24, 2.45) is 0 Å². The molecular weight excluding hydrogens is 269 g/mol. The molecule has 2 rings (SSSR count). The number of amides is 1. The quantitative estimate of drug-likeness (QED) is 0.777. The molecule has 0 aromatic heterocycles. The maximum Gasteiger partial charge on any atom is 0.409 e. The minimum absolute atomic E-state index is 0.206. The number of aryl methyl sites for hydroxylation is 1. The third-order valence-electron chi connectivity index (χ3n) is 4.07. The smallest absolute Gasteiger partial charge is 0.409 e. The molecule has 3 nitrogen and oxygen atoms in total. The number of ether oxygens (including phenoxy) is 1. The average Bonchev–Trinajstić information content (AvgIpc) is 2.47. The van der Waals surface area contributed by atoms with E-state index in [4.69, 9.17) is 4.74 Å². The molecule has 1 aromatic rings. The lowest BCUT2D eigenvalue weighted by Gasteiger charge is -2.33. The van der Waals surface area contributed by atoms with Gasteiger partial charge in [-0.25, -0.2) is 9.18 Å². The molecule has 1 saturated heterocycles. The fourth-order valence-electron chi connectivity index (χ4n) is 2.89. The Bertz CT molecular complexity index is 490. The van der Waals surface area contributed by atoms with E-state index < -0.39 is 0 Å². The van der Waals surface area contributed by atoms with Crippen LogP contribution < -0.4 is 0 Å². The van der Waals surface area contributed by atoms with Crippen LogP contribution in [0.2, 0.25) is 0 Å². The summed E-state index contributed by atoms with van der Waals surface area (Å²) in [6, 6.07) is 4.91. The fraction of sp³-hybridized carbons (Fsp3) is 0.588. The van der Waals surface area contributed by atoms with E-state index in [9.17, 15) is 9.18 Å². The number of benzene rings is 1. The molecule has 0 spiro atoms. The van der Waals surface area contributed by atoms with Crippen molar-refractivity contribution >= 4 is 6.09 Å². The van der Waals surface area contributed by atoms with Gasteiger partial charge in [-0.15, -0.1) is 0 Å². The van der Waals surface area contributed by atoms with Crippen LogP contribution in [0.4, 0.5) is 9.18 Å². The lowest BCUT2D eigenvalue weighted by molar-refractivity contribution is 0.0903. The third kappa shape index (κ3) is 4.19. The SMILES string of the molecule is CCCCOC(=O)N1CCC[C@@H](c2ccc(F)cc2C)C1. The molecule has 1 atom stereocenters. The Kier molecular flexibility index (Phi) is 5.59. The van der Waals surface area contributed by atoms with E-state index in [1.807, 2.05) is 13.0 Å². The maximum atomic E-state index is 13.2. The maximum absolute atomic E-state index is 13.2. The van der Waals surface area contributed by atoms with Crippen LogP contribution in [0, 0.1) is 12.7 Å². The Morgan fingerprint density at radius 1 is 1.48 bits per heavy atom. The van der Waals surface area contributed by atoms with Gasteiger partial charge in [-0.05, 0) is 49.4 Å². The van der Waals surface area contributed by atoms with E-state index in [0.717, 1.165) is 43.4 Å². The molecule has 4 heteroatoms. The summed E-state index contributed by atoms with van der Waals surface area (Å²) in [4.78, 5) is 13.8. The first kappa shape index (κ1) is 15.8. The topological polar surface area (TPSA) is 29.5 Å². The highest BCUT2D eigenvalue weighted by Crippen LogP contribution is 2.29. The van der Waals surface area contributed by atoms with Crippen LogP contribution in [0.25, 0.3) is 0 Å². The summed E-state index contributed by atoms with van der Waals surface area (Å²) in [6.07, 6.45) is 3.70. The van der Waals surface area contributed by atoms with Gasteiger partial charge in [0.05, 0.1) is 6.61 Å². The van der Waals surface area contributed by atoms with Gasteiger partial charge in [0.1, 0.15) is 5.82 Å². The lowest BCUT2D eigenvalue weighted by atomic mass is 9.88. The molecule has 0 N–H and O–H groups in total. The second-order valence-corrected chi connectivity index (χ2v) is 5.75. The van der Waals surface area contributed by atoms with Crippen LogP contribution in [-0.4, -0.2) is 30.7 Å². The molecule has 1 aliphatic rings. The minimum atomic E-state index is -0.215. The number of piperidine rings is 1. The number of halogens is 1. The number of unbranched alkanes of at least 4 members (excludes halogenated alkanes) is 1. The summed E-state index contributed by atoms with van der Waals surface area (Å²) in [5.41, 5.74) is 2.10. The number of carbonyl (C=O) groups is 1. The second-order valence-electron chi connectivity index (χ2n) is 5.75. The van der Waals surface area contributed by atoms with Gasteiger partial charge < -0.3 is 9.64 Å². The molecule has 0 saturated carbocycles. The molecule has 0 radical (unpaired) electrons. The Labute approximate surface area is 126 Å². The molecule has 1 aliphatic heterocycles. The standard InChI is InChI=1S/C17H24FNO2/c1-3-4-10-21-17(20)19-9-5-6-14(12-19)16-8-7-15(18)11-13(16)2/h7-8,11,14H,3-6,9-10,12H2,1-2H3/t14-/m1/s1. The fourth-order valence-corrected chi connectivity index (χ4v) is 2.89. The van der Waals surface area contributed by atoms with Crippen molar-refractivity contribution < 1.29 is 13.9 Å². The second kappa shape index (κ2) is 7.43. The zero-order valence-electron chi connectivity index (χ0n) is 12.9. The Morgan fingerprint density at radius 3 is 3.00 bits per heavy atom. The third-order valence-corrected chi connectivity index (χ3v) is 4.07. The van der Waals surface area contributed by atoms with Gasteiger partial charge in [-0.1, -0.05) is 19.4 Å². The zero-order valence-corrected chi connectivity index (χ0v) is 12.9. The van der Waals surface area contributed by atoms with E-state index >= 15 is 0 Å². The first-order chi connectivity index (χ1) is 10.1. The number of carbonyl (C=O) groups excluding carboxylic acids is 1. The highest BCUT2D eigenvalue weighted by Gasteiger charge is 2.26. The first-order valence-electron chi connectivity index (χ1n) is 7.79. The van der Waals surface area contributed by atoms with Crippen molar-refractivity contribution in [2.45, 2.75) is 45.4 Å². The van der Waals surface area contributed by atoms with Crippen molar-refractivity contribution in [1.82, 2.24) is 4.90 Å². The van der Waals surface area contributed by atoms with Gasteiger partial charge in [0.15, 0.2) is 0 Å². The van der Waals surface area contributed by atoms with E-state index in [2.05, 4.69) is 6.92 Å². The molecule has 1 amide bonds. The van der Waals surface area contributed by atoms with Gasteiger partial charge in [0.25, 0.3) is 0 Å². The molecule has 116 valence electrons. The summed E-state index contributed by atoms with van der Waals surface area (Å²) in [5.74, 6) is 0.0703. The van der Waals surface area contributed by atoms with E-state index in [0.29, 0.717) is 13.2 Å². The summed E-state index contributed by atoms with van der Waals surface area (Å²) in [7, 11) is 0. The zero-order chi connectivity index (χ0) is 15.2. The number of hydrogen-bond acceptors (Lipinski definition) is 2. The number of nitrogens with zero attached hydrogens (tertiary/aromatic N) is 1. The summed E-state index contributed by atoms with van der Waals surface area (Å²) in [5, 5.41) is 0. The Morgan fingerprint density at radius 2 is 2.29 bits per heavy atom. The monoisotopic (exact) mass is 293 g/mol. The van der Waals surface area contributed by atoms with Gasteiger partial charge in [0.2, 0.25) is 0 Å². The first-order valence-corrected chi connectivity index (χ1v) is 7.79. The molecule has 0 bridgehead atoms. The molecule has 0 unspecified atom stereocenters. The molecule has 0 aliphatic carbocycles. The molecule has 1 aromatic carbocycles. The van der Waals surface area contributed by atoms with Crippen LogP contribution >= 0.6 is 0 Å². The number of hydrogen-bond donors (Lipinski definition) is 0. The predicted molar refractivity (Wildman–Crippen MR) is 80.9 cm³/mol. The largest absolute Gasteiger partial charge is 0.449 e. The summed E-state index contributed by atoms with van der Waals surface area (Å²) < 4.78 is 18.5. The van der Waals surface area contributed by atoms with Crippen LogP contribution in [0.15, 0.2) is 18.2 Å². The van der Waals surface area contributed by atoms with E-state index in [-0.39, 0.29) is 17.8 Å². The minimum Gasteiger partial charge on any atom is -0.449 e. The summed E-state index contributed by atoms with van der Waals surface area (Å²) in [6.45, 7) is 5.91. The van der Waals surface area contributed by atoms with Gasteiger partial charge in [-0.2, -0.15) is 0 Å². The molecule has 1 heterocycles. The van der Waals surface area contributed by atoms with Crippen LogP contribution in [0.1, 0.15) is 49.7 Å². The van der Waals surface area contributed by atoms with Gasteiger partial charge in [-0.3, -0.25) is 0 Å². The summed E-state index contributed by atoms with van der Waals surface area (Å²) >= 11 is 0. The van der Waals surface area contributed by atoms with Crippen molar-refractivity contribution in [3.05, 3.63) is 35.1 Å². The number of rotatable bonds is 4. The Hall–Kier alpha value is -1.58. The van der Waals surface area contributed by atoms with E-state index in [1.54, 1.807) is 11.0 Å². The normalized spacial score (nSPS) is 18.6. The Balaban J connectivity index is 1.98. The van der Waals surface area contributed by atoms with Crippen molar-refractivity contribution in [2.75, 3.05) is 19.7 Å². The van der Waals surface area contributed by atoms with Crippen LogP contribution in [-0.2, 0) is 4.74 Å². The van der Waals surface area contributed by atoms with Crippen LogP contribution in [0.3, 0.4) is 0 Å². The van der Waals surface area contributed by atoms with Gasteiger partial charge in [0, 0.05) is 19.0 Å². The van der Waals surface area contributed by atoms with Crippen molar-refractivity contribution in [1.29, 1.82) is 0 Å². The number of likely N-dealkylation sites (tertiary alicyclic amines) is 1. The molecular formula is C17H24FNO2. The van der Waals surface area contributed by atoms with Crippen molar-refractivity contribution in [3.8, 4) is 0 Å². The van der Waals surface area contributed by atoms with Crippen molar-refractivity contribution in [3.63, 3.8) is 0 Å². The van der Waals surface area contributed by atoms with Crippen LogP contribution in [0.5, 0.6) is 0 Å². The average molecular weight is 293 g/mol. The molecule has 1 fully saturated rings. The lowest BCUT2D eigenvalue weighted by Crippen LogP contribution is -2.39.